The molecular weight excluding hydrogens is 409 g/mol. The molecule has 0 saturated carbocycles. The van der Waals surface area contributed by atoms with E-state index in [1.54, 1.807) is 0 Å². The highest BCUT2D eigenvalue weighted by atomic mass is 19.4. The Balaban J connectivity index is 1.81. The summed E-state index contributed by atoms with van der Waals surface area (Å²) in [4.78, 5) is 16.3. The van der Waals surface area contributed by atoms with Gasteiger partial charge in [-0.3, -0.25) is 9.48 Å². The fourth-order valence-electron chi connectivity index (χ4n) is 2.72. The molecule has 0 saturated heterocycles. The number of anilines is 2. The molecule has 3 rings (SSSR count). The van der Waals surface area contributed by atoms with Crippen LogP contribution in [0.2, 0.25) is 0 Å². The van der Waals surface area contributed by atoms with Gasteiger partial charge in [-0.25, -0.2) is 13.8 Å². The Morgan fingerprint density at radius 2 is 1.70 bits per heavy atom. The molecule has 0 unspecified atom stereocenters. The van der Waals surface area contributed by atoms with Crippen molar-refractivity contribution in [1.82, 2.24) is 14.8 Å². The summed E-state index contributed by atoms with van der Waals surface area (Å²) in [6.45, 7) is 0.746. The van der Waals surface area contributed by atoms with Crippen LogP contribution in [-0.2, 0) is 19.1 Å². The molecule has 2 aromatic heterocycles. The van der Waals surface area contributed by atoms with Crippen LogP contribution in [0.4, 0.5) is 33.6 Å². The average molecular weight is 425 g/mol. The summed E-state index contributed by atoms with van der Waals surface area (Å²) >= 11 is 0. The molecule has 0 fully saturated rings. The van der Waals surface area contributed by atoms with Crippen molar-refractivity contribution in [1.29, 1.82) is 0 Å². The van der Waals surface area contributed by atoms with Crippen molar-refractivity contribution in [2.45, 2.75) is 19.0 Å². The lowest BCUT2D eigenvalue weighted by Gasteiger charge is -2.11. The van der Waals surface area contributed by atoms with Crippen LogP contribution in [0.5, 0.6) is 0 Å². The second kappa shape index (κ2) is 7.39. The zero-order valence-electron chi connectivity index (χ0n) is 15.8. The molecule has 0 bridgehead atoms. The molecule has 0 aliphatic carbocycles. The third kappa shape index (κ3) is 4.39. The third-order valence-corrected chi connectivity index (χ3v) is 4.27. The lowest BCUT2D eigenvalue weighted by atomic mass is 10.1. The molecule has 0 aliphatic rings. The van der Waals surface area contributed by atoms with Crippen molar-refractivity contribution in [3.63, 3.8) is 0 Å². The van der Waals surface area contributed by atoms with E-state index in [0.717, 1.165) is 29.8 Å². The van der Waals surface area contributed by atoms with Gasteiger partial charge in [-0.1, -0.05) is 12.1 Å². The molecule has 0 atom stereocenters. The Labute approximate surface area is 167 Å². The molecule has 30 heavy (non-hydrogen) atoms. The largest absolute Gasteiger partial charge is 0.435 e. The van der Waals surface area contributed by atoms with Crippen LogP contribution in [-0.4, -0.2) is 20.7 Å². The Bertz CT molecular complexity index is 1080. The second-order valence-corrected chi connectivity index (χ2v) is 6.59. The minimum absolute atomic E-state index is 0.0457. The molecule has 0 aliphatic heterocycles. The Morgan fingerprint density at radius 3 is 2.20 bits per heavy atom. The van der Waals surface area contributed by atoms with E-state index < -0.39 is 23.7 Å². The Morgan fingerprint density at radius 1 is 1.07 bits per heavy atom. The average Bonchev–Trinajstić information content (AvgIpc) is 3.03. The Kier molecular flexibility index (Phi) is 5.23. The molecule has 0 spiro atoms. The van der Waals surface area contributed by atoms with E-state index in [1.165, 1.54) is 31.3 Å². The zero-order valence-corrected chi connectivity index (χ0v) is 15.8. The molecule has 158 valence electrons. The highest BCUT2D eigenvalue weighted by Gasteiger charge is 2.35. The maximum atomic E-state index is 13.3. The number of alkyl halides is 5. The van der Waals surface area contributed by atoms with Crippen molar-refractivity contribution in [2.24, 2.45) is 7.05 Å². The normalized spacial score (nSPS) is 12.1. The molecule has 1 aromatic carbocycles. The number of carbonyl (C=O) groups excluding carboxylic acids is 1. The van der Waals surface area contributed by atoms with Gasteiger partial charge in [0.05, 0.1) is 5.69 Å². The minimum Gasteiger partial charge on any atom is -0.383 e. The number of hydrogen-bond acceptors (Lipinski definition) is 4. The van der Waals surface area contributed by atoms with Crippen LogP contribution in [0.25, 0.3) is 11.3 Å². The SMILES string of the molecule is Cn1nc(C(F)(F)F)cc1-c1ccc(NC(=O)c2ccc(C(C)(F)F)cc2)nc1N. The monoisotopic (exact) mass is 425 g/mol. The summed E-state index contributed by atoms with van der Waals surface area (Å²) in [5.41, 5.74) is 4.97. The first-order chi connectivity index (χ1) is 13.9. The van der Waals surface area contributed by atoms with Crippen molar-refractivity contribution >= 4 is 17.5 Å². The summed E-state index contributed by atoms with van der Waals surface area (Å²) in [5.74, 6) is -3.71. The number of aryl methyl sites for hydroxylation is 1. The number of rotatable bonds is 4. The molecule has 0 radical (unpaired) electrons. The first-order valence-electron chi connectivity index (χ1n) is 8.54. The number of benzene rings is 1. The molecule has 6 nitrogen and oxygen atoms in total. The number of aromatic nitrogens is 3. The number of halogens is 5. The van der Waals surface area contributed by atoms with E-state index in [9.17, 15) is 26.7 Å². The van der Waals surface area contributed by atoms with Gasteiger partial charge in [-0.15, -0.1) is 0 Å². The molecule has 1 amide bonds. The summed E-state index contributed by atoms with van der Waals surface area (Å²) < 4.78 is 66.1. The third-order valence-electron chi connectivity index (χ3n) is 4.27. The van der Waals surface area contributed by atoms with E-state index in [-0.39, 0.29) is 34.0 Å². The number of nitrogen functional groups attached to an aromatic ring is 1. The number of hydrogen-bond donors (Lipinski definition) is 2. The standard InChI is InChI=1S/C19H16F5N5O/c1-18(20,21)11-5-3-10(4-6-11)17(30)27-15-8-7-12(16(25)26-15)13-9-14(19(22,23)24)28-29(13)2/h3-9H,1-2H3,(H3,25,26,27,30). The molecule has 3 N–H and O–H groups in total. The van der Waals surface area contributed by atoms with Crippen molar-refractivity contribution in [3.05, 3.63) is 59.3 Å². The van der Waals surface area contributed by atoms with Crippen LogP contribution in [0.1, 0.15) is 28.5 Å². The van der Waals surface area contributed by atoms with Crippen LogP contribution >= 0.6 is 0 Å². The lowest BCUT2D eigenvalue weighted by molar-refractivity contribution is -0.141. The topological polar surface area (TPSA) is 85.8 Å². The van der Waals surface area contributed by atoms with Gasteiger partial charge >= 0.3 is 6.18 Å². The number of carbonyl (C=O) groups is 1. The summed E-state index contributed by atoms with van der Waals surface area (Å²) in [6.07, 6.45) is -4.61. The predicted molar refractivity (Wildman–Crippen MR) is 99.8 cm³/mol. The highest BCUT2D eigenvalue weighted by molar-refractivity contribution is 6.04. The van der Waals surface area contributed by atoms with Gasteiger partial charge in [-0.05, 0) is 30.3 Å². The van der Waals surface area contributed by atoms with E-state index in [1.807, 2.05) is 0 Å². The molecule has 2 heterocycles. The van der Waals surface area contributed by atoms with Crippen LogP contribution < -0.4 is 11.1 Å². The quantitative estimate of drug-likeness (QED) is 0.605. The van der Waals surface area contributed by atoms with Crippen LogP contribution in [0.15, 0.2) is 42.5 Å². The van der Waals surface area contributed by atoms with Gasteiger partial charge in [0, 0.05) is 30.7 Å². The predicted octanol–water partition coefficient (Wildman–Crippen LogP) is 4.45. The first-order valence-corrected chi connectivity index (χ1v) is 8.54. The number of nitrogens with zero attached hydrogens (tertiary/aromatic N) is 3. The summed E-state index contributed by atoms with van der Waals surface area (Å²) in [7, 11) is 1.34. The molecule has 3 aromatic rings. The summed E-state index contributed by atoms with van der Waals surface area (Å²) in [5, 5.41) is 5.88. The molecular formula is C19H16F5N5O. The fourth-order valence-corrected chi connectivity index (χ4v) is 2.72. The van der Waals surface area contributed by atoms with Gasteiger partial charge in [0.15, 0.2) is 5.69 Å². The van der Waals surface area contributed by atoms with Crippen LogP contribution in [0.3, 0.4) is 0 Å². The van der Waals surface area contributed by atoms with E-state index in [0.29, 0.717) is 0 Å². The van der Waals surface area contributed by atoms with E-state index in [4.69, 9.17) is 5.73 Å². The van der Waals surface area contributed by atoms with Crippen molar-refractivity contribution in [2.75, 3.05) is 11.1 Å². The van der Waals surface area contributed by atoms with Gasteiger partial charge in [0.2, 0.25) is 0 Å². The smallest absolute Gasteiger partial charge is 0.383 e. The highest BCUT2D eigenvalue weighted by Crippen LogP contribution is 2.33. The number of pyridine rings is 1. The second-order valence-electron chi connectivity index (χ2n) is 6.59. The summed E-state index contributed by atoms with van der Waals surface area (Å²) in [6, 6.07) is 8.37. The van der Waals surface area contributed by atoms with Gasteiger partial charge in [-0.2, -0.15) is 18.3 Å². The molecule has 11 heteroatoms. The lowest BCUT2D eigenvalue weighted by Crippen LogP contribution is -2.14. The maximum Gasteiger partial charge on any atom is 0.435 e. The van der Waals surface area contributed by atoms with Crippen molar-refractivity contribution < 1.29 is 26.7 Å². The van der Waals surface area contributed by atoms with Gasteiger partial charge < -0.3 is 11.1 Å². The maximum absolute atomic E-state index is 13.3. The first kappa shape index (κ1) is 21.2. The van der Waals surface area contributed by atoms with E-state index in [2.05, 4.69) is 15.4 Å². The van der Waals surface area contributed by atoms with Crippen LogP contribution in [0, 0.1) is 0 Å². The van der Waals surface area contributed by atoms with Crippen molar-refractivity contribution in [3.8, 4) is 11.3 Å². The zero-order chi connectivity index (χ0) is 22.3. The minimum atomic E-state index is -4.61. The van der Waals surface area contributed by atoms with Gasteiger partial charge in [0.25, 0.3) is 11.8 Å². The number of amides is 1. The van der Waals surface area contributed by atoms with Gasteiger partial charge in [0.1, 0.15) is 11.6 Å². The van der Waals surface area contributed by atoms with E-state index >= 15 is 0 Å². The fraction of sp³-hybridized carbons (Fsp3) is 0.211. The number of nitrogens with two attached hydrogens (primary N) is 1. The Hall–Kier alpha value is -3.50. The number of nitrogens with one attached hydrogen (secondary N) is 1.